The summed E-state index contributed by atoms with van der Waals surface area (Å²) >= 11 is 4.74. The van der Waals surface area contributed by atoms with Crippen LogP contribution in [0.5, 0.6) is 0 Å². The van der Waals surface area contributed by atoms with Crippen molar-refractivity contribution in [3.8, 4) is 0 Å². The summed E-state index contributed by atoms with van der Waals surface area (Å²) in [6, 6.07) is 17.7. The summed E-state index contributed by atoms with van der Waals surface area (Å²) in [4.78, 5) is 21.1. The van der Waals surface area contributed by atoms with Gasteiger partial charge >= 0.3 is 5.97 Å². The van der Waals surface area contributed by atoms with Crippen LogP contribution in [-0.2, 0) is 9.53 Å². The first-order valence-electron chi connectivity index (χ1n) is 9.86. The highest BCUT2D eigenvalue weighted by Gasteiger charge is 2.18. The number of Topliss-reactive ketones (excluding diaryl/α,β-unsaturated/α-hetero) is 1. The predicted octanol–water partition coefficient (Wildman–Crippen LogP) is 5.23. The Kier molecular flexibility index (Phi) is 15.4. The van der Waals surface area contributed by atoms with E-state index < -0.39 is 12.1 Å². The van der Waals surface area contributed by atoms with Gasteiger partial charge < -0.3 is 14.9 Å². The maximum absolute atomic E-state index is 11.9. The smallest absolute Gasteiger partial charge is 0.318 e. The Morgan fingerprint density at radius 3 is 1.63 bits per heavy atom. The van der Waals surface area contributed by atoms with Gasteiger partial charge in [0, 0.05) is 18.8 Å². The molecule has 1 unspecified atom stereocenters. The van der Waals surface area contributed by atoms with Crippen molar-refractivity contribution in [3.63, 3.8) is 0 Å². The van der Waals surface area contributed by atoms with E-state index >= 15 is 0 Å². The number of carboxylic acid groups (broad SMARTS) is 1. The third-order valence-corrected chi connectivity index (χ3v) is 3.67. The Balaban J connectivity index is 0.000000509. The van der Waals surface area contributed by atoms with Crippen molar-refractivity contribution >= 4 is 23.4 Å². The molecule has 2 aromatic carbocycles. The highest BCUT2D eigenvalue weighted by Crippen LogP contribution is 2.17. The molecule has 30 heavy (non-hydrogen) atoms. The molecule has 0 spiro atoms. The molecule has 0 aliphatic rings. The molecule has 0 fully saturated rings. The van der Waals surface area contributed by atoms with Crippen LogP contribution in [-0.4, -0.2) is 41.1 Å². The zero-order valence-electron chi connectivity index (χ0n) is 18.1. The molecule has 0 amide bonds. The zero-order chi connectivity index (χ0) is 22.9. The number of benzene rings is 2. The molecule has 0 heterocycles. The van der Waals surface area contributed by atoms with Crippen LogP contribution in [0.25, 0.3) is 0 Å². The second-order valence-electron chi connectivity index (χ2n) is 7.40. The lowest BCUT2D eigenvalue weighted by atomic mass is 10.0. The van der Waals surface area contributed by atoms with Gasteiger partial charge in [0.15, 0.2) is 5.78 Å². The van der Waals surface area contributed by atoms with Gasteiger partial charge in [-0.2, -0.15) is 0 Å². The molecule has 5 nitrogen and oxygen atoms in total. The van der Waals surface area contributed by atoms with Gasteiger partial charge in [-0.3, -0.25) is 9.59 Å². The van der Waals surface area contributed by atoms with Crippen LogP contribution in [0.15, 0.2) is 60.7 Å². The Bertz CT molecular complexity index is 694. The lowest BCUT2D eigenvalue weighted by molar-refractivity contribution is -0.134. The maximum Gasteiger partial charge on any atom is 0.318 e. The Labute approximate surface area is 184 Å². The fourth-order valence-corrected chi connectivity index (χ4v) is 2.09. The van der Waals surface area contributed by atoms with Crippen LogP contribution in [0, 0.1) is 11.8 Å². The first-order valence-corrected chi connectivity index (χ1v) is 10.4. The maximum atomic E-state index is 11.9. The number of ether oxygens (including phenoxy) is 1. The summed E-state index contributed by atoms with van der Waals surface area (Å²) in [5.74, 6) is -0.217. The third-order valence-electron chi connectivity index (χ3n) is 3.44. The molecule has 2 rings (SSSR count). The van der Waals surface area contributed by atoms with E-state index in [9.17, 15) is 14.7 Å². The fraction of sp³-hybridized carbons (Fsp3) is 0.417. The number of carbonyl (C=O) groups excluding carboxylic acids is 1. The van der Waals surface area contributed by atoms with Crippen LogP contribution < -0.4 is 0 Å². The minimum atomic E-state index is -1.08. The van der Waals surface area contributed by atoms with Crippen LogP contribution in [0.3, 0.4) is 0 Å². The third kappa shape index (κ3) is 13.9. The van der Waals surface area contributed by atoms with E-state index in [2.05, 4.69) is 27.7 Å². The number of aliphatic hydroxyl groups excluding tert-OH is 1. The van der Waals surface area contributed by atoms with Gasteiger partial charge in [-0.1, -0.05) is 88.4 Å². The summed E-state index contributed by atoms with van der Waals surface area (Å²) in [7, 11) is 0. The number of aliphatic hydroxyl groups is 1. The predicted molar refractivity (Wildman–Crippen MR) is 121 cm³/mol. The molecule has 0 aliphatic heterocycles. The lowest BCUT2D eigenvalue weighted by Crippen LogP contribution is -2.11. The van der Waals surface area contributed by atoms with Crippen molar-refractivity contribution in [2.24, 2.45) is 11.8 Å². The van der Waals surface area contributed by atoms with Crippen molar-refractivity contribution in [2.45, 2.75) is 33.8 Å². The van der Waals surface area contributed by atoms with Crippen molar-refractivity contribution < 1.29 is 24.5 Å². The molecule has 0 aliphatic carbocycles. The number of hydrogen-bond donors (Lipinski definition) is 2. The van der Waals surface area contributed by atoms with Gasteiger partial charge in [-0.05, 0) is 17.4 Å². The molecule has 2 aromatic rings. The molecular weight excluding hydrogens is 404 g/mol. The number of rotatable bonds is 8. The molecule has 0 saturated carbocycles. The molecule has 1 atom stereocenters. The number of alkyl halides is 1. The lowest BCUT2D eigenvalue weighted by Gasteiger charge is -2.09. The number of aliphatic carboxylic acids is 1. The van der Waals surface area contributed by atoms with Crippen molar-refractivity contribution in [1.29, 1.82) is 0 Å². The van der Waals surface area contributed by atoms with Crippen molar-refractivity contribution in [3.05, 3.63) is 71.8 Å². The van der Waals surface area contributed by atoms with Gasteiger partial charge in [0.2, 0.25) is 0 Å². The van der Waals surface area contributed by atoms with Crippen LogP contribution in [0.4, 0.5) is 0 Å². The van der Waals surface area contributed by atoms with E-state index in [1.807, 2.05) is 12.1 Å². The Morgan fingerprint density at radius 2 is 1.27 bits per heavy atom. The van der Waals surface area contributed by atoms with Gasteiger partial charge in [0.05, 0.1) is 0 Å². The largest absolute Gasteiger partial charge is 0.480 e. The number of carboxylic acids is 1. The van der Waals surface area contributed by atoms with Gasteiger partial charge in [0.1, 0.15) is 12.0 Å². The Hall–Kier alpha value is -2.21. The highest BCUT2D eigenvalue weighted by molar-refractivity contribution is 6.26. The minimum absolute atomic E-state index is 0.271. The molecule has 0 bridgehead atoms. The summed E-state index contributed by atoms with van der Waals surface area (Å²) in [6.07, 6.45) is -1.08. The van der Waals surface area contributed by atoms with E-state index in [1.165, 1.54) is 0 Å². The minimum Gasteiger partial charge on any atom is -0.480 e. The second kappa shape index (κ2) is 16.6. The summed E-state index contributed by atoms with van der Waals surface area (Å²) in [5.41, 5.74) is 1.15. The quantitative estimate of drug-likeness (QED) is 0.437. The van der Waals surface area contributed by atoms with Gasteiger partial charge in [0.25, 0.3) is 0 Å². The van der Waals surface area contributed by atoms with Gasteiger partial charge in [-0.25, -0.2) is 0 Å². The first-order chi connectivity index (χ1) is 14.2. The number of ketones is 1. The van der Waals surface area contributed by atoms with Crippen LogP contribution in [0.2, 0.25) is 0 Å². The van der Waals surface area contributed by atoms with E-state index in [-0.39, 0.29) is 11.7 Å². The van der Waals surface area contributed by atoms with Crippen molar-refractivity contribution in [1.82, 2.24) is 0 Å². The molecule has 166 valence electrons. The van der Waals surface area contributed by atoms with Gasteiger partial charge in [-0.15, -0.1) is 11.6 Å². The van der Waals surface area contributed by atoms with Crippen LogP contribution in [0.1, 0.15) is 49.7 Å². The molecule has 6 heteroatoms. The normalized spacial score (nSPS) is 11.1. The van der Waals surface area contributed by atoms with E-state index in [0.717, 1.165) is 13.2 Å². The van der Waals surface area contributed by atoms with Crippen LogP contribution >= 0.6 is 11.6 Å². The van der Waals surface area contributed by atoms with E-state index in [1.54, 1.807) is 48.5 Å². The molecule has 0 aromatic heterocycles. The molecule has 0 saturated heterocycles. The van der Waals surface area contributed by atoms with E-state index in [4.69, 9.17) is 21.4 Å². The molecule has 2 N–H and O–H groups in total. The highest BCUT2D eigenvalue weighted by atomic mass is 35.5. The molecule has 0 radical (unpaired) electrons. The summed E-state index contributed by atoms with van der Waals surface area (Å²) in [5, 5.41) is 17.5. The monoisotopic (exact) mass is 436 g/mol. The summed E-state index contributed by atoms with van der Waals surface area (Å²) < 4.78 is 5.36. The SMILES string of the molecule is CC(C)COCC(C)C.O=C(O)CCl.O=C(c1ccccc1)C(O)c1ccccc1. The average Bonchev–Trinajstić information content (AvgIpc) is 2.74. The standard InChI is InChI=1S/C14H12O2.C8H18O.C2H3ClO2/c15-13(11-7-3-1-4-8-11)14(16)12-9-5-2-6-10-12;1-7(2)5-9-6-8(3)4;3-1-2(4)5/h1-10,13,15H;7-8H,5-6H2,1-4H3;1H2,(H,4,5). The second-order valence-corrected chi connectivity index (χ2v) is 7.66. The number of halogens is 1. The van der Waals surface area contributed by atoms with E-state index in [0.29, 0.717) is 23.0 Å². The average molecular weight is 437 g/mol. The topological polar surface area (TPSA) is 83.8 Å². The number of carbonyl (C=O) groups is 2. The Morgan fingerprint density at radius 1 is 0.867 bits per heavy atom. The van der Waals surface area contributed by atoms with Crippen molar-refractivity contribution in [2.75, 3.05) is 19.1 Å². The first kappa shape index (κ1) is 27.8. The fourth-order valence-electron chi connectivity index (χ4n) is 2.09. The zero-order valence-corrected chi connectivity index (χ0v) is 18.9. The number of hydrogen-bond acceptors (Lipinski definition) is 4. The summed E-state index contributed by atoms with van der Waals surface area (Å²) in [6.45, 7) is 10.5. The molecular formula is C24H33ClO5.